The minimum Gasteiger partial charge on any atom is -0.478 e. The predicted molar refractivity (Wildman–Crippen MR) is 26.2 cm³/mol. The van der Waals surface area contributed by atoms with Gasteiger partial charge in [-0.1, -0.05) is 0 Å². The summed E-state index contributed by atoms with van der Waals surface area (Å²) in [6.45, 7) is 0.744. The first-order valence-electron chi connectivity index (χ1n) is 2.24. The molecule has 0 fully saturated rings. The van der Waals surface area contributed by atoms with E-state index >= 15 is 0 Å². The van der Waals surface area contributed by atoms with Gasteiger partial charge in [0.2, 0.25) is 0 Å². The summed E-state index contributed by atoms with van der Waals surface area (Å²) in [6, 6.07) is 0. The van der Waals surface area contributed by atoms with Crippen molar-refractivity contribution in [1.82, 2.24) is 0 Å². The van der Waals surface area contributed by atoms with Crippen LogP contribution in [0.1, 0.15) is 6.92 Å². The van der Waals surface area contributed by atoms with Crippen LogP contribution in [0, 0.1) is 0 Å². The van der Waals surface area contributed by atoms with E-state index in [1.807, 2.05) is 0 Å². The zero-order chi connectivity index (χ0) is 7.65. The summed E-state index contributed by atoms with van der Waals surface area (Å²) in [6.07, 6.45) is -2.20. The van der Waals surface area contributed by atoms with Crippen LogP contribution < -0.4 is 5.73 Å². The molecule has 0 rings (SSSR count). The molecule has 0 aliphatic heterocycles. The summed E-state index contributed by atoms with van der Waals surface area (Å²) in [4.78, 5) is 9.72. The molecule has 3 nitrogen and oxygen atoms in total. The molecule has 0 saturated heterocycles. The first kappa shape index (κ1) is 8.29. The maximum atomic E-state index is 12.1. The Morgan fingerprint density at radius 3 is 2.22 bits per heavy atom. The fourth-order valence-corrected chi connectivity index (χ4v) is 0.170. The van der Waals surface area contributed by atoms with Gasteiger partial charge in [-0.25, -0.2) is 13.6 Å². The van der Waals surface area contributed by atoms with E-state index in [1.54, 1.807) is 0 Å². The third-order valence-corrected chi connectivity index (χ3v) is 0.907. The Labute approximate surface area is 50.5 Å². The van der Waals surface area contributed by atoms with Gasteiger partial charge in [0.05, 0.1) is 0 Å². The summed E-state index contributed by atoms with van der Waals surface area (Å²) in [5.41, 5.74) is 4.36. The smallest absolute Gasteiger partial charge is 0.359 e. The van der Waals surface area contributed by atoms with Crippen molar-refractivity contribution in [2.24, 2.45) is 5.73 Å². The molecule has 9 heavy (non-hydrogen) atoms. The lowest BCUT2D eigenvalue weighted by molar-refractivity contribution is -0.154. The van der Waals surface area contributed by atoms with Gasteiger partial charge in [-0.3, -0.25) is 5.73 Å². The maximum Gasteiger partial charge on any atom is 0.359 e. The summed E-state index contributed by atoms with van der Waals surface area (Å²) in [5, 5.41) is 7.87. The first-order chi connectivity index (χ1) is 3.89. The molecule has 0 aromatic rings. The lowest BCUT2D eigenvalue weighted by atomic mass is 10.2. The van der Waals surface area contributed by atoms with Crippen molar-refractivity contribution in [2.45, 2.75) is 18.9 Å². The van der Waals surface area contributed by atoms with Gasteiger partial charge in [0.1, 0.15) is 0 Å². The summed E-state index contributed by atoms with van der Waals surface area (Å²) in [5.74, 6) is -5.24. The molecular formula is C4H7F2NO2. The van der Waals surface area contributed by atoms with Crippen molar-refractivity contribution in [3.8, 4) is 0 Å². The van der Waals surface area contributed by atoms with E-state index < -0.39 is 17.9 Å². The Hall–Kier alpha value is -0.710. The Bertz CT molecular complexity index is 124. The standard InChI is InChI=1S/C4H7F2NO2/c1-2(5)4(6,7)3(8)9/h2H,7H2,1H3,(H,8,9). The molecule has 0 heterocycles. The Kier molecular flexibility index (Phi) is 2.08. The van der Waals surface area contributed by atoms with Crippen LogP contribution in [0.5, 0.6) is 0 Å². The van der Waals surface area contributed by atoms with Crippen LogP contribution >= 0.6 is 0 Å². The molecule has 2 atom stereocenters. The van der Waals surface area contributed by atoms with Crippen molar-refractivity contribution < 1.29 is 18.7 Å². The van der Waals surface area contributed by atoms with E-state index in [9.17, 15) is 13.6 Å². The number of carboxylic acid groups (broad SMARTS) is 1. The summed E-state index contributed by atoms with van der Waals surface area (Å²) >= 11 is 0. The third kappa shape index (κ3) is 1.60. The first-order valence-corrected chi connectivity index (χ1v) is 2.24. The molecule has 0 aromatic heterocycles. The second-order valence-corrected chi connectivity index (χ2v) is 1.69. The Morgan fingerprint density at radius 2 is 2.22 bits per heavy atom. The van der Waals surface area contributed by atoms with Crippen molar-refractivity contribution >= 4 is 5.97 Å². The minimum absolute atomic E-state index is 0.744. The third-order valence-electron chi connectivity index (χ3n) is 0.907. The zero-order valence-electron chi connectivity index (χ0n) is 4.77. The van der Waals surface area contributed by atoms with Crippen LogP contribution in [-0.4, -0.2) is 23.0 Å². The number of hydrogen-bond donors (Lipinski definition) is 2. The molecule has 54 valence electrons. The second kappa shape index (κ2) is 2.26. The topological polar surface area (TPSA) is 63.3 Å². The molecular weight excluding hydrogens is 132 g/mol. The molecule has 0 bridgehead atoms. The number of rotatable bonds is 2. The number of alkyl halides is 2. The predicted octanol–water partition coefficient (Wildman–Crippen LogP) is 0.0535. The second-order valence-electron chi connectivity index (χ2n) is 1.69. The van der Waals surface area contributed by atoms with Crippen molar-refractivity contribution in [2.75, 3.05) is 0 Å². The largest absolute Gasteiger partial charge is 0.478 e. The Balaban J connectivity index is 4.19. The van der Waals surface area contributed by atoms with E-state index in [2.05, 4.69) is 5.73 Å². The lowest BCUT2D eigenvalue weighted by Gasteiger charge is -2.14. The van der Waals surface area contributed by atoms with Crippen LogP contribution in [0.25, 0.3) is 0 Å². The summed E-state index contributed by atoms with van der Waals surface area (Å²) < 4.78 is 24.0. The van der Waals surface area contributed by atoms with E-state index in [4.69, 9.17) is 5.11 Å². The van der Waals surface area contributed by atoms with Gasteiger partial charge in [0.25, 0.3) is 5.79 Å². The maximum absolute atomic E-state index is 12.1. The van der Waals surface area contributed by atoms with Crippen LogP contribution in [-0.2, 0) is 4.79 Å². The number of halogens is 2. The van der Waals surface area contributed by atoms with Gasteiger partial charge in [-0.05, 0) is 6.92 Å². The summed E-state index contributed by atoms with van der Waals surface area (Å²) in [7, 11) is 0. The normalized spacial score (nSPS) is 20.4. The zero-order valence-corrected chi connectivity index (χ0v) is 4.77. The molecule has 0 aromatic carbocycles. The van der Waals surface area contributed by atoms with Gasteiger partial charge in [0, 0.05) is 0 Å². The number of carbonyl (C=O) groups is 1. The molecule has 0 radical (unpaired) electrons. The monoisotopic (exact) mass is 139 g/mol. The molecule has 0 aliphatic carbocycles. The van der Waals surface area contributed by atoms with Crippen LogP contribution in [0.2, 0.25) is 0 Å². The SMILES string of the molecule is CC(F)C(N)(F)C(=O)O. The quantitative estimate of drug-likeness (QED) is 0.531. The molecule has 0 aliphatic rings. The average molecular weight is 139 g/mol. The van der Waals surface area contributed by atoms with Crippen LogP contribution in [0.3, 0.4) is 0 Å². The highest BCUT2D eigenvalue weighted by atomic mass is 19.2. The highest BCUT2D eigenvalue weighted by Crippen LogP contribution is 2.11. The fourth-order valence-electron chi connectivity index (χ4n) is 0.170. The van der Waals surface area contributed by atoms with E-state index in [0.717, 1.165) is 6.92 Å². The molecule has 2 unspecified atom stereocenters. The molecule has 5 heteroatoms. The highest BCUT2D eigenvalue weighted by molar-refractivity contribution is 5.77. The highest BCUT2D eigenvalue weighted by Gasteiger charge is 2.40. The number of carboxylic acids is 1. The minimum atomic E-state index is -3.25. The van der Waals surface area contributed by atoms with Crippen molar-refractivity contribution in [1.29, 1.82) is 0 Å². The average Bonchev–Trinajstić information content (AvgIpc) is 1.65. The van der Waals surface area contributed by atoms with E-state index in [1.165, 1.54) is 0 Å². The van der Waals surface area contributed by atoms with Crippen molar-refractivity contribution in [3.05, 3.63) is 0 Å². The molecule has 0 saturated carbocycles. The van der Waals surface area contributed by atoms with Gasteiger partial charge >= 0.3 is 5.97 Å². The van der Waals surface area contributed by atoms with Gasteiger partial charge in [0.15, 0.2) is 6.17 Å². The van der Waals surface area contributed by atoms with Crippen LogP contribution in [0.15, 0.2) is 0 Å². The van der Waals surface area contributed by atoms with Crippen molar-refractivity contribution in [3.63, 3.8) is 0 Å². The molecule has 0 spiro atoms. The Morgan fingerprint density at radius 1 is 1.89 bits per heavy atom. The van der Waals surface area contributed by atoms with Gasteiger partial charge in [-0.15, -0.1) is 0 Å². The fraction of sp³-hybridized carbons (Fsp3) is 0.750. The molecule has 0 amide bonds. The number of nitrogens with two attached hydrogens (primary N) is 1. The number of aliphatic carboxylic acids is 1. The van der Waals surface area contributed by atoms with Gasteiger partial charge < -0.3 is 5.11 Å². The van der Waals surface area contributed by atoms with Gasteiger partial charge in [-0.2, -0.15) is 0 Å². The lowest BCUT2D eigenvalue weighted by Crippen LogP contribution is -2.50. The number of hydrogen-bond acceptors (Lipinski definition) is 2. The van der Waals surface area contributed by atoms with Crippen LogP contribution in [0.4, 0.5) is 8.78 Å². The van der Waals surface area contributed by atoms with E-state index in [-0.39, 0.29) is 0 Å². The van der Waals surface area contributed by atoms with E-state index in [0.29, 0.717) is 0 Å². The molecule has 3 N–H and O–H groups in total.